The van der Waals surface area contributed by atoms with Crippen LogP contribution in [0.5, 0.6) is 0 Å². The number of methoxy groups -OCH3 is 1. The molecule has 0 bridgehead atoms. The Balaban J connectivity index is 1.96. The van der Waals surface area contributed by atoms with Gasteiger partial charge >= 0.3 is 7.60 Å². The van der Waals surface area contributed by atoms with Crippen LogP contribution >= 0.6 is 7.60 Å². The summed E-state index contributed by atoms with van der Waals surface area (Å²) in [6.45, 7) is -1.49. The molecule has 1 N–H and O–H groups in total. The molecule has 2 saturated heterocycles. The lowest BCUT2D eigenvalue weighted by Gasteiger charge is -2.25. The van der Waals surface area contributed by atoms with E-state index >= 15 is 0 Å². The molecule has 0 radical (unpaired) electrons. The summed E-state index contributed by atoms with van der Waals surface area (Å²) in [4.78, 5) is 0. The third-order valence-corrected chi connectivity index (χ3v) is 5.56. The molecule has 0 amide bonds. The van der Waals surface area contributed by atoms with Gasteiger partial charge in [0, 0.05) is 34.7 Å². The highest BCUT2D eigenvalue weighted by Crippen LogP contribution is 2.51. The first-order chi connectivity index (χ1) is 11.9. The van der Waals surface area contributed by atoms with Gasteiger partial charge < -0.3 is 28.4 Å². The molecule has 1 unspecified atom stereocenters. The SMILES string of the molecule is [2H]C[C@H]1O[C@@H]([3H])C[C@@H]1OP(=O)(CCCOC)OC[C@H]1O[C@@H]([3H])C[C@@H]1O. The lowest BCUT2D eigenvalue weighted by molar-refractivity contribution is 0.000674. The van der Waals surface area contributed by atoms with Crippen LogP contribution in [0.3, 0.4) is 0 Å². The van der Waals surface area contributed by atoms with Crippen LogP contribution in [0.1, 0.15) is 30.3 Å². The minimum atomic E-state index is -3.55. The van der Waals surface area contributed by atoms with E-state index in [0.717, 1.165) is 0 Å². The largest absolute Gasteiger partial charge is 0.390 e. The maximum absolute atomic E-state index is 13.1. The summed E-state index contributed by atoms with van der Waals surface area (Å²) in [6, 6.07) is 0. The molecular formula is C14H27O7P. The van der Waals surface area contributed by atoms with E-state index in [0.29, 0.717) is 13.0 Å². The Bertz CT molecular complexity index is 458. The van der Waals surface area contributed by atoms with Gasteiger partial charge in [-0.05, 0) is 19.7 Å². The highest BCUT2D eigenvalue weighted by molar-refractivity contribution is 7.53. The van der Waals surface area contributed by atoms with E-state index in [-0.39, 0.29) is 32.5 Å². The Kier molecular flexibility index (Phi) is 5.69. The zero-order chi connectivity index (χ0) is 18.4. The zero-order valence-electron chi connectivity index (χ0n) is 15.8. The quantitative estimate of drug-likeness (QED) is 0.502. The second kappa shape index (κ2) is 8.73. The number of hydrogen-bond donors (Lipinski definition) is 1. The van der Waals surface area contributed by atoms with Crippen LogP contribution in [0.15, 0.2) is 0 Å². The van der Waals surface area contributed by atoms with E-state index in [1.165, 1.54) is 7.11 Å². The standard InChI is InChI=1S/C14H27O7P/c1-11-13(5-8-18-11)21-22(16,9-3-6-17-2)20-10-14-12(15)4-7-19-14/h11-15H,3-10H2,1-2H3/t11-,12+,13+,14-,22?/m1/s1/i1D,7T,8T/t7-,8-,11+,12-,13-,14+,22?/m0. The summed E-state index contributed by atoms with van der Waals surface area (Å²) in [6.07, 6.45) is -1.87. The second-order valence-corrected chi connectivity index (χ2v) is 7.48. The summed E-state index contributed by atoms with van der Waals surface area (Å²) >= 11 is 0. The molecular weight excluding hydrogens is 311 g/mol. The number of ether oxygens (including phenoxy) is 3. The highest BCUT2D eigenvalue weighted by atomic mass is 31.2. The van der Waals surface area contributed by atoms with Crippen LogP contribution in [0.4, 0.5) is 0 Å². The van der Waals surface area contributed by atoms with Gasteiger partial charge in [-0.2, -0.15) is 0 Å². The van der Waals surface area contributed by atoms with Gasteiger partial charge in [-0.25, -0.2) is 0 Å². The van der Waals surface area contributed by atoms with Crippen molar-refractivity contribution in [3.8, 4) is 0 Å². The van der Waals surface area contributed by atoms with Gasteiger partial charge in [0.25, 0.3) is 0 Å². The van der Waals surface area contributed by atoms with Crippen molar-refractivity contribution in [2.24, 2.45) is 0 Å². The van der Waals surface area contributed by atoms with Crippen molar-refractivity contribution in [3.05, 3.63) is 0 Å². The smallest absolute Gasteiger partial charge is 0.331 e. The fraction of sp³-hybridized carbons (Fsp3) is 1.00. The molecule has 2 fully saturated rings. The van der Waals surface area contributed by atoms with Crippen molar-refractivity contribution in [2.45, 2.75) is 50.6 Å². The van der Waals surface area contributed by atoms with Crippen LogP contribution < -0.4 is 0 Å². The van der Waals surface area contributed by atoms with Gasteiger partial charge in [0.1, 0.15) is 6.10 Å². The normalized spacial score (nSPS) is 43.5. The zero-order valence-corrected chi connectivity index (χ0v) is 13.7. The van der Waals surface area contributed by atoms with E-state index in [9.17, 15) is 9.67 Å². The fourth-order valence-corrected chi connectivity index (χ4v) is 4.06. The number of hydrogen-bond acceptors (Lipinski definition) is 7. The Morgan fingerprint density at radius 2 is 2.27 bits per heavy atom. The molecule has 0 aliphatic carbocycles. The molecule has 2 heterocycles. The third-order valence-electron chi connectivity index (χ3n) is 3.56. The lowest BCUT2D eigenvalue weighted by atomic mass is 10.2. The van der Waals surface area contributed by atoms with Crippen molar-refractivity contribution >= 4 is 7.60 Å². The molecule has 22 heavy (non-hydrogen) atoms. The van der Waals surface area contributed by atoms with Crippen molar-refractivity contribution in [3.63, 3.8) is 0 Å². The third kappa shape index (κ3) is 5.27. The summed E-state index contributed by atoms with van der Waals surface area (Å²) in [5.41, 5.74) is 0. The molecule has 0 aromatic heterocycles. The van der Waals surface area contributed by atoms with Crippen molar-refractivity contribution < 1.29 is 37.0 Å². The van der Waals surface area contributed by atoms with Crippen LogP contribution in [0.2, 0.25) is 0 Å². The van der Waals surface area contributed by atoms with Gasteiger partial charge in [0.15, 0.2) is 0 Å². The molecule has 0 aromatic rings. The molecule has 0 saturated carbocycles. The summed E-state index contributed by atoms with van der Waals surface area (Å²) in [5.74, 6) is 0. The first kappa shape index (κ1) is 14.3. The molecule has 0 spiro atoms. The van der Waals surface area contributed by atoms with Crippen LogP contribution in [0.25, 0.3) is 0 Å². The molecule has 0 aromatic carbocycles. The Morgan fingerprint density at radius 1 is 1.45 bits per heavy atom. The van der Waals surface area contributed by atoms with E-state index < -0.39 is 45.2 Å². The molecule has 8 heteroatoms. The minimum absolute atomic E-state index is 0.0942. The maximum Gasteiger partial charge on any atom is 0.331 e. The Hall–Kier alpha value is -0.0100. The minimum Gasteiger partial charge on any atom is -0.390 e. The van der Waals surface area contributed by atoms with E-state index in [1.54, 1.807) is 0 Å². The first-order valence-corrected chi connectivity index (χ1v) is 9.13. The van der Waals surface area contributed by atoms with E-state index in [1.807, 2.05) is 0 Å². The van der Waals surface area contributed by atoms with Gasteiger partial charge in [0.05, 0.1) is 33.8 Å². The molecule has 2 aliphatic rings. The first-order valence-electron chi connectivity index (χ1n) is 9.26. The van der Waals surface area contributed by atoms with Gasteiger partial charge in [-0.15, -0.1) is 0 Å². The Morgan fingerprint density at radius 3 is 2.95 bits per heavy atom. The van der Waals surface area contributed by atoms with E-state index in [4.69, 9.17) is 27.4 Å². The summed E-state index contributed by atoms with van der Waals surface area (Å²) in [5, 5.41) is 9.82. The van der Waals surface area contributed by atoms with E-state index in [2.05, 4.69) is 0 Å². The lowest BCUT2D eigenvalue weighted by Crippen LogP contribution is -2.27. The maximum atomic E-state index is 13.1. The molecule has 2 rings (SSSR count). The number of aliphatic hydroxyl groups is 1. The predicted molar refractivity (Wildman–Crippen MR) is 80.2 cm³/mol. The van der Waals surface area contributed by atoms with Crippen LogP contribution in [-0.2, 0) is 27.8 Å². The summed E-state index contributed by atoms with van der Waals surface area (Å²) < 4.78 is 62.4. The molecule has 7 nitrogen and oxygen atoms in total. The highest BCUT2D eigenvalue weighted by Gasteiger charge is 2.36. The average Bonchev–Trinajstić information content (AvgIpc) is 3.06. The molecule has 2 aliphatic heterocycles. The predicted octanol–water partition coefficient (Wildman–Crippen LogP) is 1.58. The Labute approximate surface area is 136 Å². The van der Waals surface area contributed by atoms with Gasteiger partial charge in [-0.1, -0.05) is 0 Å². The topological polar surface area (TPSA) is 83.5 Å². The van der Waals surface area contributed by atoms with Gasteiger partial charge in [0.2, 0.25) is 0 Å². The summed E-state index contributed by atoms with van der Waals surface area (Å²) in [7, 11) is -2.02. The number of aliphatic hydroxyl groups excluding tert-OH is 1. The van der Waals surface area contributed by atoms with Crippen molar-refractivity contribution in [2.75, 3.05) is 39.7 Å². The molecule has 7 atom stereocenters. The second-order valence-electron chi connectivity index (χ2n) is 5.34. The van der Waals surface area contributed by atoms with Crippen molar-refractivity contribution in [1.82, 2.24) is 0 Å². The number of rotatable bonds is 9. The molecule has 130 valence electrons. The van der Waals surface area contributed by atoms with Crippen LogP contribution in [-0.4, -0.2) is 69.2 Å². The van der Waals surface area contributed by atoms with Gasteiger partial charge in [-0.3, -0.25) is 4.57 Å². The van der Waals surface area contributed by atoms with Crippen LogP contribution in [0, 0.1) is 0 Å². The monoisotopic (exact) mass is 343 g/mol. The average molecular weight is 343 g/mol. The fourth-order valence-electron chi connectivity index (χ4n) is 2.24. The van der Waals surface area contributed by atoms with Crippen molar-refractivity contribution in [1.29, 1.82) is 0 Å².